The van der Waals surface area contributed by atoms with E-state index in [2.05, 4.69) is 47.5 Å². The molecule has 1 N–H and O–H groups in total. The first kappa shape index (κ1) is 8.74. The predicted molar refractivity (Wildman–Crippen MR) is 45.2 cm³/mol. The molecule has 2 aromatic heterocycles. The van der Waals surface area contributed by atoms with Gasteiger partial charge in [-0.2, -0.15) is 0 Å². The second kappa shape index (κ2) is 2.95. The van der Waals surface area contributed by atoms with Crippen LogP contribution in [0.5, 0.6) is 0 Å². The van der Waals surface area contributed by atoms with Crippen molar-refractivity contribution in [2.75, 3.05) is 0 Å². The van der Waals surface area contributed by atoms with Gasteiger partial charge in [-0.25, -0.2) is 8.97 Å². The summed E-state index contributed by atoms with van der Waals surface area (Å²) in [7, 11) is 2.07. The number of pyridine rings is 1. The van der Waals surface area contributed by atoms with E-state index in [0.29, 0.717) is 0 Å². The molecule has 0 radical (unpaired) electrons. The molecule has 3 heteroatoms. The first-order valence-electron chi connectivity index (χ1n) is 3.71. The third kappa shape index (κ3) is 1.08. The molecule has 0 aromatic carbocycles. The Morgan fingerprint density at radius 2 is 2.08 bits per heavy atom. The fourth-order valence-corrected chi connectivity index (χ4v) is 1.31. The smallest absolute Gasteiger partial charge is 0.286 e. The maximum absolute atomic E-state index is 2.17. The van der Waals surface area contributed by atoms with Crippen molar-refractivity contribution in [1.29, 1.82) is 0 Å². The molecule has 3 nitrogen and oxygen atoms in total. The van der Waals surface area contributed by atoms with E-state index < -0.39 is 0 Å². The first-order valence-corrected chi connectivity index (χ1v) is 3.71. The third-order valence-electron chi connectivity index (χ3n) is 2.07. The van der Waals surface area contributed by atoms with Gasteiger partial charge in [0, 0.05) is 13.0 Å². The number of imidazole rings is 1. The zero-order chi connectivity index (χ0) is 7.84. The summed E-state index contributed by atoms with van der Waals surface area (Å²) in [5.74, 6) is 0. The van der Waals surface area contributed by atoms with Crippen LogP contribution < -0.4 is 4.57 Å². The second-order valence-electron chi connectivity index (χ2n) is 2.80. The van der Waals surface area contributed by atoms with E-state index >= 15 is 0 Å². The molecular weight excluding hydrogens is 152 g/mol. The van der Waals surface area contributed by atoms with Gasteiger partial charge in [-0.05, 0) is 6.07 Å². The van der Waals surface area contributed by atoms with Crippen LogP contribution in [0.2, 0.25) is 0 Å². The van der Waals surface area contributed by atoms with Gasteiger partial charge >= 0.3 is 0 Å². The number of hydrogen-bond acceptors (Lipinski definition) is 1. The maximum atomic E-state index is 2.17. The largest absolute Gasteiger partial charge is 0.870 e. The Morgan fingerprint density at radius 1 is 1.33 bits per heavy atom. The van der Waals surface area contributed by atoms with Crippen molar-refractivity contribution in [1.82, 2.24) is 4.40 Å². The molecule has 64 valence electrons. The van der Waals surface area contributed by atoms with Gasteiger partial charge in [-0.3, -0.25) is 0 Å². The van der Waals surface area contributed by atoms with Crippen LogP contribution in [0.4, 0.5) is 0 Å². The SMILES string of the molecule is Cc1cn2ccccc2[n+]1C.[OH-]. The Morgan fingerprint density at radius 3 is 2.75 bits per heavy atom. The molecule has 0 amide bonds. The second-order valence-corrected chi connectivity index (χ2v) is 2.80. The lowest BCUT2D eigenvalue weighted by Crippen LogP contribution is -2.29. The van der Waals surface area contributed by atoms with Crippen LogP contribution in [0.15, 0.2) is 30.6 Å². The Hall–Kier alpha value is -1.35. The molecule has 0 aliphatic heterocycles. The van der Waals surface area contributed by atoms with Gasteiger partial charge in [0.05, 0.1) is 13.2 Å². The normalized spacial score (nSPS) is 9.83. The Bertz CT molecular complexity index is 392. The van der Waals surface area contributed by atoms with Gasteiger partial charge in [0.25, 0.3) is 5.65 Å². The molecule has 0 bridgehead atoms. The van der Waals surface area contributed by atoms with Crippen LogP contribution in [-0.4, -0.2) is 9.88 Å². The predicted octanol–water partition coefficient (Wildman–Crippen LogP) is 0.895. The van der Waals surface area contributed by atoms with Crippen LogP contribution >= 0.6 is 0 Å². The van der Waals surface area contributed by atoms with Crippen molar-refractivity contribution in [2.45, 2.75) is 6.92 Å². The molecule has 12 heavy (non-hydrogen) atoms. The standard InChI is InChI=1S/C9H11N2.H2O/c1-8-7-11-6-4-3-5-9(11)10(8)2;/h3-7H,1-2H3;1H2/q+1;/p-1. The quantitative estimate of drug-likeness (QED) is 0.533. The highest BCUT2D eigenvalue weighted by Crippen LogP contribution is 1.99. The molecule has 0 unspecified atom stereocenters. The monoisotopic (exact) mass is 164 g/mol. The summed E-state index contributed by atoms with van der Waals surface area (Å²) >= 11 is 0. The molecule has 2 aromatic rings. The van der Waals surface area contributed by atoms with Crippen molar-refractivity contribution < 1.29 is 10.0 Å². The van der Waals surface area contributed by atoms with Crippen LogP contribution in [0.1, 0.15) is 5.69 Å². The van der Waals surface area contributed by atoms with Crippen molar-refractivity contribution in [3.63, 3.8) is 0 Å². The molecule has 0 saturated carbocycles. The van der Waals surface area contributed by atoms with E-state index in [4.69, 9.17) is 0 Å². The van der Waals surface area contributed by atoms with Gasteiger partial charge in [0.1, 0.15) is 11.9 Å². The van der Waals surface area contributed by atoms with E-state index in [1.807, 2.05) is 6.07 Å². The average molecular weight is 164 g/mol. The lowest BCUT2D eigenvalue weighted by Gasteiger charge is -1.86. The van der Waals surface area contributed by atoms with Gasteiger partial charge in [0.2, 0.25) is 0 Å². The fourth-order valence-electron chi connectivity index (χ4n) is 1.31. The van der Waals surface area contributed by atoms with Gasteiger partial charge < -0.3 is 5.48 Å². The van der Waals surface area contributed by atoms with Gasteiger partial charge in [-0.1, -0.05) is 6.07 Å². The molecule has 0 fully saturated rings. The molecule has 2 rings (SSSR count). The summed E-state index contributed by atoms with van der Waals surface area (Å²) in [6, 6.07) is 6.19. The molecule has 0 saturated heterocycles. The number of rotatable bonds is 0. The highest BCUT2D eigenvalue weighted by atomic mass is 16.0. The summed E-state index contributed by atoms with van der Waals surface area (Å²) in [6.45, 7) is 2.10. The van der Waals surface area contributed by atoms with Crippen LogP contribution in [-0.2, 0) is 7.05 Å². The highest BCUT2D eigenvalue weighted by Gasteiger charge is 2.07. The minimum absolute atomic E-state index is 0. The first-order chi connectivity index (χ1) is 5.29. The van der Waals surface area contributed by atoms with Gasteiger partial charge in [-0.15, -0.1) is 0 Å². The van der Waals surface area contributed by atoms with Crippen molar-refractivity contribution in [3.8, 4) is 0 Å². The van der Waals surface area contributed by atoms with E-state index in [9.17, 15) is 0 Å². The highest BCUT2D eigenvalue weighted by molar-refractivity contribution is 5.31. The molecule has 0 aliphatic carbocycles. The molecule has 0 aliphatic rings. The summed E-state index contributed by atoms with van der Waals surface area (Å²) in [5.41, 5.74) is 2.50. The number of aromatic nitrogens is 2. The van der Waals surface area contributed by atoms with Crippen LogP contribution in [0, 0.1) is 6.92 Å². The minimum Gasteiger partial charge on any atom is -0.870 e. The minimum atomic E-state index is 0. The van der Waals surface area contributed by atoms with E-state index in [1.54, 1.807) is 0 Å². The average Bonchev–Trinajstić information content (AvgIpc) is 2.30. The molecule has 0 spiro atoms. The number of fused-ring (bicyclic) bond motifs is 1. The number of aryl methyl sites for hydroxylation is 2. The lowest BCUT2D eigenvalue weighted by molar-refractivity contribution is -0.650. The number of nitrogens with zero attached hydrogens (tertiary/aromatic N) is 2. The maximum Gasteiger partial charge on any atom is 0.286 e. The topological polar surface area (TPSA) is 38.3 Å². The Kier molecular flexibility index (Phi) is 2.15. The van der Waals surface area contributed by atoms with Crippen LogP contribution in [0.25, 0.3) is 5.65 Å². The van der Waals surface area contributed by atoms with Crippen molar-refractivity contribution >= 4 is 5.65 Å². The summed E-state index contributed by atoms with van der Waals surface area (Å²) in [6.07, 6.45) is 4.18. The zero-order valence-corrected chi connectivity index (χ0v) is 7.23. The summed E-state index contributed by atoms with van der Waals surface area (Å²) in [5, 5.41) is 0. The molecule has 0 atom stereocenters. The molecule has 2 heterocycles. The van der Waals surface area contributed by atoms with Crippen molar-refractivity contribution in [2.24, 2.45) is 7.05 Å². The Labute approximate surface area is 71.2 Å². The van der Waals surface area contributed by atoms with E-state index in [1.165, 1.54) is 11.3 Å². The third-order valence-corrected chi connectivity index (χ3v) is 2.07. The zero-order valence-electron chi connectivity index (χ0n) is 7.23. The Balaban J connectivity index is 0.000000720. The van der Waals surface area contributed by atoms with E-state index in [-0.39, 0.29) is 5.48 Å². The van der Waals surface area contributed by atoms with Gasteiger partial charge in [0.15, 0.2) is 0 Å². The lowest BCUT2D eigenvalue weighted by atomic mass is 10.5. The number of hydrogen-bond donors (Lipinski definition) is 0. The molecular formula is C9H12N2O. The van der Waals surface area contributed by atoms with Crippen molar-refractivity contribution in [3.05, 3.63) is 36.3 Å². The fraction of sp³-hybridized carbons (Fsp3) is 0.222. The summed E-state index contributed by atoms with van der Waals surface area (Å²) < 4.78 is 4.29. The van der Waals surface area contributed by atoms with Crippen LogP contribution in [0.3, 0.4) is 0 Å². The summed E-state index contributed by atoms with van der Waals surface area (Å²) in [4.78, 5) is 0. The van der Waals surface area contributed by atoms with E-state index in [0.717, 1.165) is 0 Å².